The highest BCUT2D eigenvalue weighted by molar-refractivity contribution is 5.22. The van der Waals surface area contributed by atoms with Crippen LogP contribution in [0.25, 0.3) is 0 Å². The van der Waals surface area contributed by atoms with Crippen LogP contribution in [0.5, 0.6) is 0 Å². The van der Waals surface area contributed by atoms with Gasteiger partial charge in [-0.15, -0.1) is 0 Å². The second-order valence-electron chi connectivity index (χ2n) is 4.45. The molecular weight excluding hydrogens is 205 g/mol. The van der Waals surface area contributed by atoms with Gasteiger partial charge in [0.2, 0.25) is 0 Å². The Morgan fingerprint density at radius 3 is 3.00 bits per heavy atom. The fourth-order valence-electron chi connectivity index (χ4n) is 2.49. The number of aliphatic hydroxyl groups excluding tert-OH is 1. The maximum atomic E-state index is 13.1. The molecule has 1 aliphatic rings. The largest absolute Gasteiger partial charge is 0.396 e. The number of rotatable bonds is 3. The first-order valence-electron chi connectivity index (χ1n) is 5.88. The molecule has 2 atom stereocenters. The van der Waals surface area contributed by atoms with Gasteiger partial charge in [0.05, 0.1) is 6.61 Å². The molecule has 0 aliphatic carbocycles. The molecule has 0 radical (unpaired) electrons. The molecule has 2 N–H and O–H groups in total. The Kier molecular flexibility index (Phi) is 3.91. The molecule has 1 saturated heterocycles. The molecule has 0 saturated carbocycles. The number of hydrogen-bond acceptors (Lipinski definition) is 2. The van der Waals surface area contributed by atoms with E-state index in [-0.39, 0.29) is 18.3 Å². The zero-order valence-corrected chi connectivity index (χ0v) is 9.32. The van der Waals surface area contributed by atoms with Crippen molar-refractivity contribution in [3.05, 3.63) is 35.6 Å². The fourth-order valence-corrected chi connectivity index (χ4v) is 2.49. The summed E-state index contributed by atoms with van der Waals surface area (Å²) in [5, 5.41) is 12.8. The zero-order chi connectivity index (χ0) is 11.4. The second kappa shape index (κ2) is 5.41. The van der Waals surface area contributed by atoms with E-state index in [1.807, 2.05) is 6.07 Å². The molecule has 2 rings (SSSR count). The van der Waals surface area contributed by atoms with E-state index in [1.165, 1.54) is 12.1 Å². The zero-order valence-electron chi connectivity index (χ0n) is 9.32. The molecule has 3 heteroatoms. The van der Waals surface area contributed by atoms with E-state index in [2.05, 4.69) is 5.32 Å². The predicted octanol–water partition coefficient (Wildman–Crippen LogP) is 1.90. The molecule has 88 valence electrons. The minimum absolute atomic E-state index is 0.0588. The smallest absolute Gasteiger partial charge is 0.123 e. The topological polar surface area (TPSA) is 32.3 Å². The van der Waals surface area contributed by atoms with Crippen molar-refractivity contribution in [2.45, 2.75) is 18.8 Å². The molecule has 0 aromatic heterocycles. The first kappa shape index (κ1) is 11.6. The molecule has 1 heterocycles. The molecule has 1 fully saturated rings. The van der Waals surface area contributed by atoms with E-state index in [4.69, 9.17) is 0 Å². The van der Waals surface area contributed by atoms with Crippen LogP contribution in [0.15, 0.2) is 24.3 Å². The van der Waals surface area contributed by atoms with E-state index >= 15 is 0 Å². The molecule has 2 unspecified atom stereocenters. The van der Waals surface area contributed by atoms with Crippen LogP contribution < -0.4 is 5.32 Å². The van der Waals surface area contributed by atoms with Crippen molar-refractivity contribution in [2.24, 2.45) is 5.92 Å². The fraction of sp³-hybridized carbons (Fsp3) is 0.538. The molecule has 1 aliphatic heterocycles. The Balaban J connectivity index is 2.14. The van der Waals surface area contributed by atoms with Crippen LogP contribution in [-0.2, 0) is 0 Å². The third-order valence-electron chi connectivity index (χ3n) is 3.38. The lowest BCUT2D eigenvalue weighted by Crippen LogP contribution is -2.34. The third-order valence-corrected chi connectivity index (χ3v) is 3.38. The van der Waals surface area contributed by atoms with Crippen molar-refractivity contribution < 1.29 is 9.50 Å². The number of nitrogens with one attached hydrogen (secondary N) is 1. The van der Waals surface area contributed by atoms with Gasteiger partial charge in [0.15, 0.2) is 0 Å². The van der Waals surface area contributed by atoms with Gasteiger partial charge in [-0.3, -0.25) is 0 Å². The number of benzene rings is 1. The summed E-state index contributed by atoms with van der Waals surface area (Å²) < 4.78 is 13.1. The third kappa shape index (κ3) is 2.60. The van der Waals surface area contributed by atoms with Crippen LogP contribution in [0.3, 0.4) is 0 Å². The molecule has 0 spiro atoms. The molecule has 0 bridgehead atoms. The van der Waals surface area contributed by atoms with Crippen molar-refractivity contribution in [2.75, 3.05) is 19.7 Å². The highest BCUT2D eigenvalue weighted by atomic mass is 19.1. The number of piperidine rings is 1. The minimum Gasteiger partial charge on any atom is -0.396 e. The Morgan fingerprint density at radius 1 is 1.50 bits per heavy atom. The summed E-state index contributed by atoms with van der Waals surface area (Å²) in [4.78, 5) is 0. The van der Waals surface area contributed by atoms with Gasteiger partial charge in [0.1, 0.15) is 5.82 Å². The molecule has 0 amide bonds. The summed E-state index contributed by atoms with van der Waals surface area (Å²) in [7, 11) is 0. The lowest BCUT2D eigenvalue weighted by atomic mass is 9.82. The molecule has 1 aromatic carbocycles. The van der Waals surface area contributed by atoms with Crippen LogP contribution in [-0.4, -0.2) is 24.8 Å². The van der Waals surface area contributed by atoms with Crippen LogP contribution in [0.4, 0.5) is 4.39 Å². The molecular formula is C13H18FNO. The van der Waals surface area contributed by atoms with Crippen molar-refractivity contribution in [3.63, 3.8) is 0 Å². The summed E-state index contributed by atoms with van der Waals surface area (Å²) >= 11 is 0. The van der Waals surface area contributed by atoms with Crippen LogP contribution >= 0.6 is 0 Å². The van der Waals surface area contributed by atoms with Crippen LogP contribution in [0.2, 0.25) is 0 Å². The van der Waals surface area contributed by atoms with E-state index in [0.717, 1.165) is 31.5 Å². The Labute approximate surface area is 95.5 Å². The van der Waals surface area contributed by atoms with E-state index < -0.39 is 0 Å². The van der Waals surface area contributed by atoms with Crippen LogP contribution in [0.1, 0.15) is 24.3 Å². The van der Waals surface area contributed by atoms with Crippen LogP contribution in [0, 0.1) is 11.7 Å². The Hall–Kier alpha value is -0.930. The summed E-state index contributed by atoms with van der Waals surface area (Å²) in [6.07, 6.45) is 2.24. The van der Waals surface area contributed by atoms with E-state index in [1.54, 1.807) is 6.07 Å². The van der Waals surface area contributed by atoms with Crippen molar-refractivity contribution in [1.82, 2.24) is 5.32 Å². The Morgan fingerprint density at radius 2 is 2.38 bits per heavy atom. The Bertz CT molecular complexity index is 336. The molecule has 2 nitrogen and oxygen atoms in total. The monoisotopic (exact) mass is 223 g/mol. The maximum absolute atomic E-state index is 13.1. The van der Waals surface area contributed by atoms with Crippen molar-refractivity contribution in [1.29, 1.82) is 0 Å². The lowest BCUT2D eigenvalue weighted by Gasteiger charge is -2.29. The number of aliphatic hydroxyl groups is 1. The van der Waals surface area contributed by atoms with Crippen molar-refractivity contribution in [3.8, 4) is 0 Å². The number of hydrogen-bond donors (Lipinski definition) is 2. The van der Waals surface area contributed by atoms with Gasteiger partial charge in [-0.25, -0.2) is 4.39 Å². The van der Waals surface area contributed by atoms with Crippen molar-refractivity contribution >= 4 is 0 Å². The lowest BCUT2D eigenvalue weighted by molar-refractivity contribution is 0.203. The average molecular weight is 223 g/mol. The highest BCUT2D eigenvalue weighted by Crippen LogP contribution is 2.29. The second-order valence-corrected chi connectivity index (χ2v) is 4.45. The maximum Gasteiger partial charge on any atom is 0.123 e. The first-order chi connectivity index (χ1) is 7.81. The van der Waals surface area contributed by atoms with Gasteiger partial charge >= 0.3 is 0 Å². The van der Waals surface area contributed by atoms with Gasteiger partial charge in [-0.1, -0.05) is 12.1 Å². The SMILES string of the molecule is OCC(c1cccc(F)c1)C1CCCNC1. The summed E-state index contributed by atoms with van der Waals surface area (Å²) in [6, 6.07) is 6.59. The standard InChI is InChI=1S/C13H18FNO/c14-12-5-1-3-10(7-12)13(9-16)11-4-2-6-15-8-11/h1,3,5,7,11,13,15-16H,2,4,6,8-9H2. The predicted molar refractivity (Wildman–Crippen MR) is 61.8 cm³/mol. The molecule has 1 aromatic rings. The normalized spacial score (nSPS) is 23.0. The summed E-state index contributed by atoms with van der Waals surface area (Å²) in [6.45, 7) is 2.06. The number of halogens is 1. The average Bonchev–Trinajstić information content (AvgIpc) is 2.31. The van der Waals surface area contributed by atoms with Gasteiger partial charge in [0, 0.05) is 5.92 Å². The first-order valence-corrected chi connectivity index (χ1v) is 5.88. The van der Waals surface area contributed by atoms with Gasteiger partial charge in [-0.05, 0) is 49.5 Å². The quantitative estimate of drug-likeness (QED) is 0.820. The van der Waals surface area contributed by atoms with E-state index in [0.29, 0.717) is 5.92 Å². The van der Waals surface area contributed by atoms with E-state index in [9.17, 15) is 9.50 Å². The summed E-state index contributed by atoms with van der Waals surface area (Å²) in [5.74, 6) is 0.253. The highest BCUT2D eigenvalue weighted by Gasteiger charge is 2.24. The van der Waals surface area contributed by atoms with Gasteiger partial charge in [-0.2, -0.15) is 0 Å². The van der Waals surface area contributed by atoms with Gasteiger partial charge in [0.25, 0.3) is 0 Å². The minimum atomic E-state index is -0.222. The molecule has 16 heavy (non-hydrogen) atoms. The van der Waals surface area contributed by atoms with Gasteiger partial charge < -0.3 is 10.4 Å². The summed E-state index contributed by atoms with van der Waals surface area (Å²) in [5.41, 5.74) is 0.913.